The van der Waals surface area contributed by atoms with Crippen LogP contribution in [0.5, 0.6) is 0 Å². The number of anilines is 1. The van der Waals surface area contributed by atoms with Crippen LogP contribution in [0.4, 0.5) is 5.69 Å². The molecule has 22 heavy (non-hydrogen) atoms. The first-order valence-corrected chi connectivity index (χ1v) is 6.91. The fourth-order valence-electron chi connectivity index (χ4n) is 2.06. The van der Waals surface area contributed by atoms with Crippen LogP contribution in [0.15, 0.2) is 12.3 Å². The van der Waals surface area contributed by atoms with E-state index < -0.39 is 0 Å². The third-order valence-electron chi connectivity index (χ3n) is 3.06. The van der Waals surface area contributed by atoms with Crippen molar-refractivity contribution >= 4 is 22.6 Å². The number of fused-ring (bicyclic) bond motifs is 1. The third kappa shape index (κ3) is 3.18. The highest BCUT2D eigenvalue weighted by atomic mass is 16.1. The zero-order valence-corrected chi connectivity index (χ0v) is 12.4. The first-order chi connectivity index (χ1) is 10.7. The molecule has 0 atom stereocenters. The molecule has 0 spiro atoms. The number of aromatic nitrogens is 3. The number of carbonyl (C=O) groups is 1. The summed E-state index contributed by atoms with van der Waals surface area (Å²) in [6, 6.07) is 1.65. The number of carbonyl (C=O) groups excluding carboxylic acids is 1. The summed E-state index contributed by atoms with van der Waals surface area (Å²) in [5.74, 6) is 7.96. The highest BCUT2D eigenvalue weighted by Gasteiger charge is 2.19. The van der Waals surface area contributed by atoms with Crippen LogP contribution in [0, 0.1) is 24.2 Å². The molecule has 0 aliphatic carbocycles. The van der Waals surface area contributed by atoms with E-state index in [9.17, 15) is 4.79 Å². The molecule has 0 aliphatic heterocycles. The molecule has 0 fully saturated rings. The van der Waals surface area contributed by atoms with Crippen LogP contribution in [0.3, 0.4) is 0 Å². The number of rotatable bonds is 5. The minimum atomic E-state index is -0.305. The van der Waals surface area contributed by atoms with Crippen LogP contribution in [0.2, 0.25) is 0 Å². The fourth-order valence-corrected chi connectivity index (χ4v) is 2.06. The average Bonchev–Trinajstić information content (AvgIpc) is 2.88. The topological polar surface area (TPSA) is 85.8 Å². The van der Waals surface area contributed by atoms with Crippen molar-refractivity contribution in [2.24, 2.45) is 0 Å². The van der Waals surface area contributed by atoms with Crippen molar-refractivity contribution in [2.75, 3.05) is 12.3 Å². The molecule has 0 radical (unpaired) electrons. The van der Waals surface area contributed by atoms with Gasteiger partial charge in [-0.15, -0.1) is 24.2 Å². The van der Waals surface area contributed by atoms with Gasteiger partial charge in [-0.2, -0.15) is 5.10 Å². The molecule has 0 saturated carbocycles. The maximum Gasteiger partial charge on any atom is 0.272 e. The van der Waals surface area contributed by atoms with Gasteiger partial charge in [-0.3, -0.25) is 4.79 Å². The molecule has 3 N–H and O–H groups in total. The number of terminal acetylenes is 1. The lowest BCUT2D eigenvalue weighted by Crippen LogP contribution is -2.25. The Labute approximate surface area is 129 Å². The van der Waals surface area contributed by atoms with Gasteiger partial charge in [0.2, 0.25) is 0 Å². The molecule has 0 aromatic carbocycles. The summed E-state index contributed by atoms with van der Waals surface area (Å²) in [6.07, 6.45) is 7.86. The Morgan fingerprint density at radius 3 is 3.05 bits per heavy atom. The Bertz CT molecular complexity index is 788. The van der Waals surface area contributed by atoms with Gasteiger partial charge in [0.15, 0.2) is 11.3 Å². The minimum Gasteiger partial charge on any atom is -0.398 e. The van der Waals surface area contributed by atoms with Crippen LogP contribution in [0.25, 0.3) is 11.0 Å². The van der Waals surface area contributed by atoms with Crippen molar-refractivity contribution in [1.82, 2.24) is 20.1 Å². The maximum atomic E-state index is 12.3. The summed E-state index contributed by atoms with van der Waals surface area (Å²) in [7, 11) is 0. The van der Waals surface area contributed by atoms with Crippen LogP contribution in [-0.2, 0) is 6.54 Å². The molecule has 6 nitrogen and oxygen atoms in total. The van der Waals surface area contributed by atoms with E-state index in [1.807, 2.05) is 0 Å². The van der Waals surface area contributed by atoms with Gasteiger partial charge in [-0.1, -0.05) is 0 Å². The monoisotopic (exact) mass is 295 g/mol. The van der Waals surface area contributed by atoms with Gasteiger partial charge in [-0.25, -0.2) is 9.67 Å². The standard InChI is InChI=1S/C16H17N5O/c1-3-5-7-11-21-15-13(12(17)8-10-18-15)14(20-21)16(22)19-9-6-4-2/h2,8,10H,6-7,9,11H2,1H3,(H2,17,18)(H,19,22). The number of nitrogens with two attached hydrogens (primary N) is 1. The average molecular weight is 295 g/mol. The summed E-state index contributed by atoms with van der Waals surface area (Å²) >= 11 is 0. The van der Waals surface area contributed by atoms with Crippen LogP contribution in [-0.4, -0.2) is 27.2 Å². The van der Waals surface area contributed by atoms with Crippen LogP contribution < -0.4 is 11.1 Å². The summed E-state index contributed by atoms with van der Waals surface area (Å²) in [4.78, 5) is 16.5. The molecule has 6 heteroatoms. The molecular formula is C16H17N5O. The van der Waals surface area contributed by atoms with Gasteiger partial charge < -0.3 is 11.1 Å². The number of nitrogens with one attached hydrogen (secondary N) is 1. The molecule has 2 rings (SSSR count). The van der Waals surface area contributed by atoms with E-state index in [-0.39, 0.29) is 11.6 Å². The van der Waals surface area contributed by atoms with E-state index >= 15 is 0 Å². The fraction of sp³-hybridized carbons (Fsp3) is 0.312. The first kappa shape index (κ1) is 15.4. The SMILES string of the molecule is C#CCCNC(=O)c1nn(CCC#CC)c2nccc(N)c12. The molecule has 0 aliphatic rings. The lowest BCUT2D eigenvalue weighted by molar-refractivity contribution is 0.0950. The number of nitrogen functional groups attached to an aromatic ring is 1. The molecule has 0 unspecified atom stereocenters. The van der Waals surface area contributed by atoms with Crippen LogP contribution >= 0.6 is 0 Å². The number of nitrogens with zero attached hydrogens (tertiary/aromatic N) is 3. The molecule has 0 saturated heterocycles. The first-order valence-electron chi connectivity index (χ1n) is 6.91. The Morgan fingerprint density at radius 1 is 1.50 bits per heavy atom. The second-order valence-corrected chi connectivity index (χ2v) is 4.56. The highest BCUT2D eigenvalue weighted by molar-refractivity contribution is 6.08. The van der Waals surface area contributed by atoms with E-state index in [1.165, 1.54) is 0 Å². The molecule has 0 bridgehead atoms. The van der Waals surface area contributed by atoms with E-state index in [0.29, 0.717) is 42.7 Å². The third-order valence-corrected chi connectivity index (χ3v) is 3.06. The zero-order valence-electron chi connectivity index (χ0n) is 12.4. The van der Waals surface area contributed by atoms with Gasteiger partial charge in [-0.05, 0) is 13.0 Å². The summed E-state index contributed by atoms with van der Waals surface area (Å²) in [6.45, 7) is 2.72. The van der Waals surface area contributed by atoms with E-state index in [2.05, 4.69) is 33.2 Å². The Balaban J connectivity index is 2.38. The van der Waals surface area contributed by atoms with E-state index in [4.69, 9.17) is 12.2 Å². The van der Waals surface area contributed by atoms with Crippen molar-refractivity contribution in [3.8, 4) is 24.2 Å². The quantitative estimate of drug-likeness (QED) is 0.640. The smallest absolute Gasteiger partial charge is 0.272 e. The molecular weight excluding hydrogens is 278 g/mol. The Hall–Kier alpha value is -2.99. The number of aryl methyl sites for hydroxylation is 1. The highest BCUT2D eigenvalue weighted by Crippen LogP contribution is 2.23. The number of hydrogen-bond acceptors (Lipinski definition) is 4. The lowest BCUT2D eigenvalue weighted by Gasteiger charge is -2.01. The zero-order chi connectivity index (χ0) is 15.9. The van der Waals surface area contributed by atoms with Gasteiger partial charge in [0.25, 0.3) is 5.91 Å². The summed E-state index contributed by atoms with van der Waals surface area (Å²) < 4.78 is 1.66. The largest absolute Gasteiger partial charge is 0.398 e. The van der Waals surface area contributed by atoms with Gasteiger partial charge in [0.05, 0.1) is 11.9 Å². The number of pyridine rings is 1. The molecule has 1 amide bonds. The van der Waals surface area contributed by atoms with Crippen molar-refractivity contribution in [3.63, 3.8) is 0 Å². The molecule has 112 valence electrons. The Morgan fingerprint density at radius 2 is 2.32 bits per heavy atom. The van der Waals surface area contributed by atoms with Crippen molar-refractivity contribution < 1.29 is 4.79 Å². The van der Waals surface area contributed by atoms with Crippen molar-refractivity contribution in [2.45, 2.75) is 26.3 Å². The predicted octanol–water partition coefficient (Wildman–Crippen LogP) is 1.18. The minimum absolute atomic E-state index is 0.266. The predicted molar refractivity (Wildman–Crippen MR) is 85.8 cm³/mol. The molecule has 2 aromatic heterocycles. The second kappa shape index (κ2) is 7.14. The van der Waals surface area contributed by atoms with Gasteiger partial charge in [0, 0.05) is 31.3 Å². The van der Waals surface area contributed by atoms with Crippen molar-refractivity contribution in [1.29, 1.82) is 0 Å². The summed E-state index contributed by atoms with van der Waals surface area (Å²) in [5.41, 5.74) is 7.31. The summed E-state index contributed by atoms with van der Waals surface area (Å²) in [5, 5.41) is 7.63. The van der Waals surface area contributed by atoms with E-state index in [0.717, 1.165) is 0 Å². The Kier molecular flexibility index (Phi) is 5.00. The van der Waals surface area contributed by atoms with Gasteiger partial charge >= 0.3 is 0 Å². The number of hydrogen-bond donors (Lipinski definition) is 2. The van der Waals surface area contributed by atoms with Crippen LogP contribution in [0.1, 0.15) is 30.3 Å². The van der Waals surface area contributed by atoms with Crippen molar-refractivity contribution in [3.05, 3.63) is 18.0 Å². The van der Waals surface area contributed by atoms with Gasteiger partial charge in [0.1, 0.15) is 0 Å². The maximum absolute atomic E-state index is 12.3. The van der Waals surface area contributed by atoms with E-state index in [1.54, 1.807) is 23.9 Å². The second-order valence-electron chi connectivity index (χ2n) is 4.56. The lowest BCUT2D eigenvalue weighted by atomic mass is 10.2. The molecule has 2 aromatic rings. The number of amides is 1. The normalized spacial score (nSPS) is 9.82. The molecule has 2 heterocycles.